The molecule has 0 bridgehead atoms. The molecule has 1 atom stereocenters. The van der Waals surface area contributed by atoms with Crippen molar-refractivity contribution in [2.45, 2.75) is 44.7 Å². The van der Waals surface area contributed by atoms with Gasteiger partial charge < -0.3 is 9.80 Å². The summed E-state index contributed by atoms with van der Waals surface area (Å²) in [7, 11) is 4.05. The Kier molecular flexibility index (Phi) is 5.74. The predicted molar refractivity (Wildman–Crippen MR) is 101 cm³/mol. The number of aromatic nitrogens is 2. The van der Waals surface area contributed by atoms with Crippen LogP contribution in [0.15, 0.2) is 42.7 Å². The summed E-state index contributed by atoms with van der Waals surface area (Å²) in [6, 6.07) is 10.6. The average Bonchev–Trinajstić information content (AvgIpc) is 3.14. The van der Waals surface area contributed by atoms with Crippen LogP contribution in [0.2, 0.25) is 0 Å². The van der Waals surface area contributed by atoms with Gasteiger partial charge in [0.25, 0.3) is 0 Å². The minimum atomic E-state index is 0.253. The summed E-state index contributed by atoms with van der Waals surface area (Å²) in [6.07, 6.45) is 8.70. The number of amides is 1. The number of aryl methyl sites for hydroxylation is 1. The van der Waals surface area contributed by atoms with Gasteiger partial charge in [0.15, 0.2) is 0 Å². The average molecular weight is 340 g/mol. The van der Waals surface area contributed by atoms with Gasteiger partial charge in [-0.05, 0) is 49.4 Å². The SMILES string of the molecule is CN(C)c1ccc(CC(=O)N2CCCC[C@H]2CCn2cccn2)cc1. The standard InChI is InChI=1S/C20H28N4O/c1-22(2)18-9-7-17(8-10-18)16-20(25)24-14-4-3-6-19(24)11-15-23-13-5-12-21-23/h5,7-10,12-13,19H,3-4,6,11,14-16H2,1-2H3/t19-/m0/s1. The highest BCUT2D eigenvalue weighted by molar-refractivity contribution is 5.79. The van der Waals surface area contributed by atoms with E-state index in [2.05, 4.69) is 39.2 Å². The zero-order valence-corrected chi connectivity index (χ0v) is 15.3. The second-order valence-corrected chi connectivity index (χ2v) is 7.03. The van der Waals surface area contributed by atoms with Gasteiger partial charge in [-0.15, -0.1) is 0 Å². The van der Waals surface area contributed by atoms with Crippen LogP contribution in [-0.2, 0) is 17.8 Å². The van der Waals surface area contributed by atoms with Crippen LogP contribution in [0.25, 0.3) is 0 Å². The molecule has 3 rings (SSSR count). The summed E-state index contributed by atoms with van der Waals surface area (Å²) < 4.78 is 1.96. The molecule has 1 aromatic carbocycles. The molecular formula is C20H28N4O. The van der Waals surface area contributed by atoms with E-state index in [4.69, 9.17) is 0 Å². The maximum absolute atomic E-state index is 12.9. The van der Waals surface area contributed by atoms with Crippen molar-refractivity contribution >= 4 is 11.6 Å². The number of benzene rings is 1. The fourth-order valence-corrected chi connectivity index (χ4v) is 3.53. The zero-order valence-electron chi connectivity index (χ0n) is 15.3. The first-order valence-corrected chi connectivity index (χ1v) is 9.16. The molecule has 1 fully saturated rings. The summed E-state index contributed by atoms with van der Waals surface area (Å²) in [5.41, 5.74) is 2.25. The van der Waals surface area contributed by atoms with Crippen LogP contribution in [-0.4, -0.2) is 47.3 Å². The Morgan fingerprint density at radius 3 is 2.72 bits per heavy atom. The van der Waals surface area contributed by atoms with Crippen molar-refractivity contribution in [1.29, 1.82) is 0 Å². The third-order valence-corrected chi connectivity index (χ3v) is 5.01. The van der Waals surface area contributed by atoms with E-state index in [1.54, 1.807) is 6.20 Å². The summed E-state index contributed by atoms with van der Waals surface area (Å²) in [6.45, 7) is 1.76. The smallest absolute Gasteiger partial charge is 0.227 e. The third-order valence-electron chi connectivity index (χ3n) is 5.01. The summed E-state index contributed by atoms with van der Waals surface area (Å²) in [4.78, 5) is 17.0. The van der Waals surface area contributed by atoms with E-state index >= 15 is 0 Å². The molecule has 0 saturated carbocycles. The Bertz CT molecular complexity index is 664. The monoisotopic (exact) mass is 340 g/mol. The molecule has 2 heterocycles. The zero-order chi connectivity index (χ0) is 17.6. The fourth-order valence-electron chi connectivity index (χ4n) is 3.53. The lowest BCUT2D eigenvalue weighted by Gasteiger charge is -2.36. The van der Waals surface area contributed by atoms with Crippen LogP contribution in [0.1, 0.15) is 31.2 Å². The molecule has 1 amide bonds. The van der Waals surface area contributed by atoms with Gasteiger partial charge in [0.1, 0.15) is 0 Å². The van der Waals surface area contributed by atoms with Crippen LogP contribution in [0.3, 0.4) is 0 Å². The normalized spacial score (nSPS) is 17.5. The Hall–Kier alpha value is -2.30. The highest BCUT2D eigenvalue weighted by atomic mass is 16.2. The van der Waals surface area contributed by atoms with Crippen molar-refractivity contribution in [3.05, 3.63) is 48.3 Å². The van der Waals surface area contributed by atoms with E-state index in [0.717, 1.165) is 43.6 Å². The van der Waals surface area contributed by atoms with Crippen LogP contribution in [0.4, 0.5) is 5.69 Å². The summed E-state index contributed by atoms with van der Waals surface area (Å²) in [5, 5.41) is 4.27. The van der Waals surface area contributed by atoms with Crippen LogP contribution >= 0.6 is 0 Å². The van der Waals surface area contributed by atoms with E-state index in [0.29, 0.717) is 12.5 Å². The second kappa shape index (κ2) is 8.19. The minimum absolute atomic E-state index is 0.253. The highest BCUT2D eigenvalue weighted by Crippen LogP contribution is 2.22. The molecule has 2 aromatic rings. The number of nitrogens with zero attached hydrogens (tertiary/aromatic N) is 4. The third kappa shape index (κ3) is 4.62. The molecule has 5 nitrogen and oxygen atoms in total. The number of rotatable bonds is 6. The van der Waals surface area contributed by atoms with Crippen LogP contribution < -0.4 is 4.90 Å². The van der Waals surface area contributed by atoms with Gasteiger partial charge in [-0.25, -0.2) is 0 Å². The van der Waals surface area contributed by atoms with Gasteiger partial charge in [0.2, 0.25) is 5.91 Å². The molecule has 1 aromatic heterocycles. The van der Waals surface area contributed by atoms with E-state index in [1.807, 2.05) is 31.0 Å². The summed E-state index contributed by atoms with van der Waals surface area (Å²) >= 11 is 0. The number of likely N-dealkylation sites (tertiary alicyclic amines) is 1. The van der Waals surface area contributed by atoms with Crippen molar-refractivity contribution in [2.75, 3.05) is 25.5 Å². The maximum Gasteiger partial charge on any atom is 0.227 e. The Balaban J connectivity index is 1.59. The lowest BCUT2D eigenvalue weighted by molar-refractivity contribution is -0.134. The van der Waals surface area contributed by atoms with Gasteiger partial charge in [0.05, 0.1) is 6.42 Å². The number of carbonyl (C=O) groups excluding carboxylic acids is 1. The van der Waals surface area contributed by atoms with Crippen molar-refractivity contribution in [1.82, 2.24) is 14.7 Å². The van der Waals surface area contributed by atoms with E-state index in [9.17, 15) is 4.79 Å². The maximum atomic E-state index is 12.9. The molecule has 5 heteroatoms. The molecule has 0 unspecified atom stereocenters. The largest absolute Gasteiger partial charge is 0.378 e. The van der Waals surface area contributed by atoms with Crippen molar-refractivity contribution in [3.63, 3.8) is 0 Å². The highest BCUT2D eigenvalue weighted by Gasteiger charge is 2.26. The summed E-state index contributed by atoms with van der Waals surface area (Å²) in [5.74, 6) is 0.253. The fraction of sp³-hybridized carbons (Fsp3) is 0.500. The van der Waals surface area contributed by atoms with Crippen molar-refractivity contribution < 1.29 is 4.79 Å². The Morgan fingerprint density at radius 1 is 1.24 bits per heavy atom. The van der Waals surface area contributed by atoms with Crippen LogP contribution in [0.5, 0.6) is 0 Å². The number of hydrogen-bond donors (Lipinski definition) is 0. The molecule has 0 radical (unpaired) electrons. The molecule has 25 heavy (non-hydrogen) atoms. The molecule has 0 aliphatic carbocycles. The number of carbonyl (C=O) groups is 1. The van der Waals surface area contributed by atoms with Gasteiger partial charge in [-0.3, -0.25) is 9.48 Å². The van der Waals surface area contributed by atoms with Gasteiger partial charge in [0, 0.05) is 51.3 Å². The van der Waals surface area contributed by atoms with E-state index < -0.39 is 0 Å². The molecule has 0 spiro atoms. The minimum Gasteiger partial charge on any atom is -0.378 e. The molecule has 1 aliphatic heterocycles. The van der Waals surface area contributed by atoms with Crippen LogP contribution in [0, 0.1) is 0 Å². The Morgan fingerprint density at radius 2 is 2.04 bits per heavy atom. The quantitative estimate of drug-likeness (QED) is 0.812. The molecular weight excluding hydrogens is 312 g/mol. The molecule has 1 aliphatic rings. The number of piperidine rings is 1. The van der Waals surface area contributed by atoms with Crippen molar-refractivity contribution in [3.8, 4) is 0 Å². The molecule has 0 N–H and O–H groups in total. The van der Waals surface area contributed by atoms with Gasteiger partial charge in [-0.1, -0.05) is 12.1 Å². The lowest BCUT2D eigenvalue weighted by Crippen LogP contribution is -2.44. The second-order valence-electron chi connectivity index (χ2n) is 7.03. The molecule has 1 saturated heterocycles. The van der Waals surface area contributed by atoms with Gasteiger partial charge in [-0.2, -0.15) is 5.10 Å². The van der Waals surface area contributed by atoms with Crippen molar-refractivity contribution in [2.24, 2.45) is 0 Å². The lowest BCUT2D eigenvalue weighted by atomic mass is 9.98. The van der Waals surface area contributed by atoms with E-state index in [-0.39, 0.29) is 5.91 Å². The first kappa shape index (κ1) is 17.5. The van der Waals surface area contributed by atoms with Gasteiger partial charge >= 0.3 is 0 Å². The molecule has 134 valence electrons. The predicted octanol–water partition coefficient (Wildman–Crippen LogP) is 2.96. The first-order valence-electron chi connectivity index (χ1n) is 9.16. The van der Waals surface area contributed by atoms with E-state index in [1.165, 1.54) is 6.42 Å². The number of hydrogen-bond acceptors (Lipinski definition) is 3. The number of anilines is 1. The Labute approximate surface area is 150 Å². The topological polar surface area (TPSA) is 41.4 Å². The first-order chi connectivity index (χ1) is 12.1.